The largest absolute Gasteiger partial charge is 0.444 e. The summed E-state index contributed by atoms with van der Waals surface area (Å²) in [6, 6.07) is 7.55. The summed E-state index contributed by atoms with van der Waals surface area (Å²) in [4.78, 5) is 29.4. The van der Waals surface area contributed by atoms with Crippen molar-refractivity contribution in [1.29, 1.82) is 0 Å². The average Bonchev–Trinajstić information content (AvgIpc) is 3.06. The lowest BCUT2D eigenvalue weighted by Crippen LogP contribution is -2.43. The van der Waals surface area contributed by atoms with Gasteiger partial charge >= 0.3 is 6.09 Å². The molecule has 1 fully saturated rings. The van der Waals surface area contributed by atoms with Gasteiger partial charge in [0.2, 0.25) is 5.91 Å². The average molecular weight is 403 g/mol. The van der Waals surface area contributed by atoms with Crippen molar-refractivity contribution >= 4 is 29.9 Å². The Bertz CT molecular complexity index is 904. The number of aromatic nitrogens is 2. The van der Waals surface area contributed by atoms with Crippen molar-refractivity contribution in [1.82, 2.24) is 14.5 Å². The van der Waals surface area contributed by atoms with Crippen LogP contribution < -0.4 is 5.32 Å². The van der Waals surface area contributed by atoms with Crippen LogP contribution in [0.3, 0.4) is 0 Å². The molecule has 2 heterocycles. The Labute approximate surface area is 169 Å². The Morgan fingerprint density at radius 3 is 2.57 bits per heavy atom. The van der Waals surface area contributed by atoms with Gasteiger partial charge in [-0.25, -0.2) is 4.79 Å². The molecular formula is C20H26N4O3S. The number of ether oxygens (including phenoxy) is 1. The first kappa shape index (κ1) is 20.1. The first-order valence-electron chi connectivity index (χ1n) is 9.38. The molecule has 1 aliphatic heterocycles. The number of anilines is 1. The third-order valence-electron chi connectivity index (χ3n) is 4.56. The first-order chi connectivity index (χ1) is 13.2. The number of hydrogen-bond donors (Lipinski definition) is 2. The quantitative estimate of drug-likeness (QED) is 0.757. The molecule has 0 radical (unpaired) electrons. The second-order valence-corrected chi connectivity index (χ2v) is 8.30. The van der Waals surface area contributed by atoms with Crippen molar-refractivity contribution in [2.75, 3.05) is 18.4 Å². The SMILES string of the molecule is CC(C)(C)OC(=O)N1CCC(C(=O)Nc2cccc(-n3cc[nH]c3=S)c2)CC1. The van der Waals surface area contributed by atoms with Gasteiger partial charge < -0.3 is 19.9 Å². The summed E-state index contributed by atoms with van der Waals surface area (Å²) >= 11 is 5.24. The van der Waals surface area contributed by atoms with Gasteiger partial charge in [-0.1, -0.05) is 6.07 Å². The lowest BCUT2D eigenvalue weighted by molar-refractivity contribution is -0.121. The molecule has 1 aromatic heterocycles. The van der Waals surface area contributed by atoms with Crippen LogP contribution in [-0.4, -0.2) is 45.1 Å². The summed E-state index contributed by atoms with van der Waals surface area (Å²) in [6.07, 6.45) is 4.53. The molecule has 2 aromatic rings. The van der Waals surface area contributed by atoms with E-state index in [1.807, 2.05) is 55.8 Å². The van der Waals surface area contributed by atoms with Crippen LogP contribution in [0.4, 0.5) is 10.5 Å². The first-order valence-corrected chi connectivity index (χ1v) is 9.79. The minimum absolute atomic E-state index is 0.0290. The zero-order valence-electron chi connectivity index (χ0n) is 16.4. The molecule has 1 aromatic carbocycles. The van der Waals surface area contributed by atoms with Crippen molar-refractivity contribution in [3.8, 4) is 5.69 Å². The standard InChI is InChI=1S/C20H26N4O3S/c1-20(2,3)27-19(26)23-10-7-14(8-11-23)17(25)22-15-5-4-6-16(13-15)24-12-9-21-18(24)28/h4-6,9,12-14H,7-8,10-11H2,1-3H3,(H,21,28)(H,22,25). The van der Waals surface area contributed by atoms with E-state index in [4.69, 9.17) is 17.0 Å². The molecule has 28 heavy (non-hydrogen) atoms. The highest BCUT2D eigenvalue weighted by molar-refractivity contribution is 7.71. The van der Waals surface area contributed by atoms with Crippen LogP contribution in [0.15, 0.2) is 36.7 Å². The molecule has 2 amide bonds. The molecule has 0 atom stereocenters. The number of aromatic amines is 1. The molecule has 3 rings (SSSR count). The van der Waals surface area contributed by atoms with Crippen LogP contribution in [-0.2, 0) is 9.53 Å². The maximum Gasteiger partial charge on any atom is 0.410 e. The van der Waals surface area contributed by atoms with Gasteiger partial charge in [0.25, 0.3) is 0 Å². The number of H-pyrrole nitrogens is 1. The molecule has 2 N–H and O–H groups in total. The zero-order chi connectivity index (χ0) is 20.3. The highest BCUT2D eigenvalue weighted by atomic mass is 32.1. The topological polar surface area (TPSA) is 79.4 Å². The maximum absolute atomic E-state index is 12.7. The smallest absolute Gasteiger partial charge is 0.410 e. The van der Waals surface area contributed by atoms with Crippen LogP contribution in [0.25, 0.3) is 5.69 Å². The number of imidazole rings is 1. The van der Waals surface area contributed by atoms with Crippen molar-refractivity contribution in [2.24, 2.45) is 5.92 Å². The summed E-state index contributed by atoms with van der Waals surface area (Å²) in [6.45, 7) is 6.58. The summed E-state index contributed by atoms with van der Waals surface area (Å²) in [7, 11) is 0. The number of carbonyl (C=O) groups is 2. The minimum Gasteiger partial charge on any atom is -0.444 e. The van der Waals surface area contributed by atoms with Crippen LogP contribution in [0.5, 0.6) is 0 Å². The van der Waals surface area contributed by atoms with Gasteiger partial charge in [0.1, 0.15) is 5.60 Å². The van der Waals surface area contributed by atoms with Crippen molar-refractivity contribution in [3.05, 3.63) is 41.4 Å². The summed E-state index contributed by atoms with van der Waals surface area (Å²) < 4.78 is 7.83. The van der Waals surface area contributed by atoms with E-state index < -0.39 is 5.60 Å². The van der Waals surface area contributed by atoms with Gasteiger partial charge in [0.05, 0.1) is 0 Å². The Morgan fingerprint density at radius 1 is 1.25 bits per heavy atom. The predicted molar refractivity (Wildman–Crippen MR) is 110 cm³/mol. The van der Waals surface area contributed by atoms with E-state index in [0.29, 0.717) is 30.7 Å². The van der Waals surface area contributed by atoms with Gasteiger partial charge in [-0.3, -0.25) is 9.36 Å². The zero-order valence-corrected chi connectivity index (χ0v) is 17.2. The molecular weight excluding hydrogens is 376 g/mol. The number of nitrogens with zero attached hydrogens (tertiary/aromatic N) is 2. The molecule has 0 bridgehead atoms. The number of nitrogens with one attached hydrogen (secondary N) is 2. The molecule has 0 unspecified atom stereocenters. The highest BCUT2D eigenvalue weighted by Crippen LogP contribution is 2.22. The van der Waals surface area contributed by atoms with Crippen molar-refractivity contribution < 1.29 is 14.3 Å². The third kappa shape index (κ3) is 5.01. The fourth-order valence-corrected chi connectivity index (χ4v) is 3.39. The minimum atomic E-state index is -0.515. The number of rotatable bonds is 3. The maximum atomic E-state index is 12.7. The van der Waals surface area contributed by atoms with Gasteiger partial charge in [0.15, 0.2) is 4.77 Å². The Kier molecular flexibility index (Phi) is 5.88. The highest BCUT2D eigenvalue weighted by Gasteiger charge is 2.29. The molecule has 1 aliphatic rings. The molecule has 7 nitrogen and oxygen atoms in total. The fourth-order valence-electron chi connectivity index (χ4n) is 3.15. The molecule has 0 saturated carbocycles. The molecule has 0 aliphatic carbocycles. The molecule has 0 spiro atoms. The second-order valence-electron chi connectivity index (χ2n) is 7.92. The Morgan fingerprint density at radius 2 is 1.96 bits per heavy atom. The van der Waals surface area contributed by atoms with Crippen LogP contribution >= 0.6 is 12.2 Å². The van der Waals surface area contributed by atoms with Crippen LogP contribution in [0, 0.1) is 10.7 Å². The Hall–Kier alpha value is -2.61. The van der Waals surface area contributed by atoms with Crippen molar-refractivity contribution in [3.63, 3.8) is 0 Å². The second kappa shape index (κ2) is 8.18. The van der Waals surface area contributed by atoms with E-state index in [2.05, 4.69) is 10.3 Å². The van der Waals surface area contributed by atoms with Gasteiger partial charge in [-0.05, 0) is 64.0 Å². The van der Waals surface area contributed by atoms with Crippen LogP contribution in [0.2, 0.25) is 0 Å². The van der Waals surface area contributed by atoms with Crippen LogP contribution in [0.1, 0.15) is 33.6 Å². The fraction of sp³-hybridized carbons (Fsp3) is 0.450. The predicted octanol–water partition coefficient (Wildman–Crippen LogP) is 4.12. The normalized spacial score (nSPS) is 15.3. The van der Waals surface area contributed by atoms with E-state index in [-0.39, 0.29) is 17.9 Å². The van der Waals surface area contributed by atoms with E-state index in [1.54, 1.807) is 11.1 Å². The van der Waals surface area contributed by atoms with E-state index in [1.165, 1.54) is 0 Å². The third-order valence-corrected chi connectivity index (χ3v) is 4.87. The molecule has 8 heteroatoms. The number of benzene rings is 1. The number of hydrogen-bond acceptors (Lipinski definition) is 4. The summed E-state index contributed by atoms with van der Waals surface area (Å²) in [5.74, 6) is -0.157. The number of amides is 2. The number of likely N-dealkylation sites (tertiary alicyclic amines) is 1. The summed E-state index contributed by atoms with van der Waals surface area (Å²) in [5.41, 5.74) is 1.09. The Balaban J connectivity index is 1.57. The van der Waals surface area contributed by atoms with E-state index >= 15 is 0 Å². The molecule has 1 saturated heterocycles. The van der Waals surface area contributed by atoms with Gasteiger partial charge in [0, 0.05) is 42.8 Å². The van der Waals surface area contributed by atoms with Crippen molar-refractivity contribution in [2.45, 2.75) is 39.2 Å². The monoisotopic (exact) mass is 402 g/mol. The van der Waals surface area contributed by atoms with Gasteiger partial charge in [-0.15, -0.1) is 0 Å². The van der Waals surface area contributed by atoms with Gasteiger partial charge in [-0.2, -0.15) is 0 Å². The number of carbonyl (C=O) groups excluding carboxylic acids is 2. The lowest BCUT2D eigenvalue weighted by atomic mass is 9.96. The lowest BCUT2D eigenvalue weighted by Gasteiger charge is -2.32. The van der Waals surface area contributed by atoms with E-state index in [9.17, 15) is 9.59 Å². The molecule has 150 valence electrons. The number of piperidine rings is 1. The summed E-state index contributed by atoms with van der Waals surface area (Å²) in [5, 5.41) is 2.98. The van der Waals surface area contributed by atoms with E-state index in [0.717, 1.165) is 11.4 Å².